The Morgan fingerprint density at radius 3 is 2.03 bits per heavy atom. The number of benzene rings is 2. The first kappa shape index (κ1) is 27.5. The third-order valence-corrected chi connectivity index (χ3v) is 7.27. The van der Waals surface area contributed by atoms with Crippen molar-refractivity contribution in [1.29, 1.82) is 0 Å². The van der Waals surface area contributed by atoms with Crippen LogP contribution >= 0.6 is 0 Å². The van der Waals surface area contributed by atoms with Crippen molar-refractivity contribution in [2.24, 2.45) is 0 Å². The zero-order valence-electron chi connectivity index (χ0n) is 22.4. The molecule has 0 spiro atoms. The number of carbonyl (C=O) groups excluding carboxylic acids is 1. The minimum absolute atomic E-state index is 0.171. The Morgan fingerprint density at radius 2 is 1.43 bits per heavy atom. The highest BCUT2D eigenvalue weighted by atomic mass is 16.6. The van der Waals surface area contributed by atoms with Crippen molar-refractivity contribution in [1.82, 2.24) is 0 Å². The highest BCUT2D eigenvalue weighted by Crippen LogP contribution is 2.48. The molecular formula is C28H36O9. The Labute approximate surface area is 217 Å². The molecule has 0 N–H and O–H groups in total. The summed E-state index contributed by atoms with van der Waals surface area (Å²) in [5.41, 5.74) is 3.37. The summed E-state index contributed by atoms with van der Waals surface area (Å²) in [5.74, 6) is 0.365. The summed E-state index contributed by atoms with van der Waals surface area (Å²) in [7, 11) is 11.2. The molecule has 37 heavy (non-hydrogen) atoms. The van der Waals surface area contributed by atoms with Crippen molar-refractivity contribution in [2.75, 3.05) is 56.4 Å². The van der Waals surface area contributed by atoms with Crippen LogP contribution in [0.15, 0.2) is 30.3 Å². The van der Waals surface area contributed by atoms with Crippen LogP contribution in [0, 0.1) is 0 Å². The molecule has 2 aromatic rings. The van der Waals surface area contributed by atoms with Gasteiger partial charge >= 0.3 is 0 Å². The Bertz CT molecular complexity index is 1100. The molecule has 9 heteroatoms. The molecule has 0 radical (unpaired) electrons. The minimum atomic E-state index is -0.554. The molecule has 1 unspecified atom stereocenters. The maximum Gasteiger partial charge on any atom is 0.201 e. The van der Waals surface area contributed by atoms with Crippen molar-refractivity contribution in [2.45, 2.75) is 43.0 Å². The summed E-state index contributed by atoms with van der Waals surface area (Å²) in [5, 5.41) is 0. The van der Waals surface area contributed by atoms with Gasteiger partial charge < -0.3 is 37.9 Å². The highest BCUT2D eigenvalue weighted by molar-refractivity contribution is 6.16. The van der Waals surface area contributed by atoms with Crippen LogP contribution in [0.25, 0.3) is 0 Å². The summed E-state index contributed by atoms with van der Waals surface area (Å²) in [6, 6.07) is 9.41. The fourth-order valence-corrected chi connectivity index (χ4v) is 5.79. The van der Waals surface area contributed by atoms with E-state index in [-0.39, 0.29) is 5.78 Å². The summed E-state index contributed by atoms with van der Waals surface area (Å²) in [4.78, 5) is 14.0. The third kappa shape index (κ3) is 4.76. The second-order valence-electron chi connectivity index (χ2n) is 9.12. The van der Waals surface area contributed by atoms with Crippen LogP contribution in [0.4, 0.5) is 0 Å². The molecule has 0 saturated carbocycles. The van der Waals surface area contributed by atoms with Crippen LogP contribution in [0.5, 0.6) is 11.5 Å². The van der Waals surface area contributed by atoms with Gasteiger partial charge in [-0.05, 0) is 28.8 Å². The third-order valence-electron chi connectivity index (χ3n) is 7.27. The van der Waals surface area contributed by atoms with Gasteiger partial charge in [0.05, 0.1) is 44.7 Å². The zero-order chi connectivity index (χ0) is 26.7. The normalized spacial score (nSPS) is 26.9. The molecule has 6 atom stereocenters. The molecule has 0 aromatic heterocycles. The molecule has 1 fully saturated rings. The van der Waals surface area contributed by atoms with Gasteiger partial charge in [-0.3, -0.25) is 4.79 Å². The van der Waals surface area contributed by atoms with Crippen molar-refractivity contribution in [3.05, 3.63) is 58.1 Å². The average molecular weight is 517 g/mol. The number of rotatable bonds is 10. The Morgan fingerprint density at radius 1 is 0.757 bits per heavy atom. The molecule has 1 aliphatic heterocycles. The predicted molar refractivity (Wildman–Crippen MR) is 135 cm³/mol. The summed E-state index contributed by atoms with van der Waals surface area (Å²) >= 11 is 0. The lowest BCUT2D eigenvalue weighted by Crippen LogP contribution is -2.62. The van der Waals surface area contributed by atoms with E-state index < -0.39 is 36.4 Å². The van der Waals surface area contributed by atoms with Gasteiger partial charge in [-0.1, -0.05) is 18.2 Å². The molecule has 4 rings (SSSR count). The van der Waals surface area contributed by atoms with E-state index in [1.165, 1.54) is 0 Å². The fourth-order valence-electron chi connectivity index (χ4n) is 5.79. The smallest absolute Gasteiger partial charge is 0.201 e. The van der Waals surface area contributed by atoms with Gasteiger partial charge in [-0.25, -0.2) is 0 Å². The second-order valence-corrected chi connectivity index (χ2v) is 9.12. The molecule has 1 heterocycles. The van der Waals surface area contributed by atoms with Crippen molar-refractivity contribution in [3.8, 4) is 11.5 Å². The minimum Gasteiger partial charge on any atom is -0.496 e. The van der Waals surface area contributed by atoms with E-state index in [1.807, 2.05) is 24.3 Å². The first-order chi connectivity index (χ1) is 18.0. The lowest BCUT2D eigenvalue weighted by molar-refractivity contribution is -0.252. The van der Waals surface area contributed by atoms with E-state index >= 15 is 0 Å². The van der Waals surface area contributed by atoms with Gasteiger partial charge in [-0.15, -0.1) is 0 Å². The van der Waals surface area contributed by atoms with E-state index in [9.17, 15) is 4.79 Å². The first-order valence-corrected chi connectivity index (χ1v) is 12.1. The van der Waals surface area contributed by atoms with E-state index in [4.69, 9.17) is 37.9 Å². The number of hydrogen-bond donors (Lipinski definition) is 0. The van der Waals surface area contributed by atoms with Crippen LogP contribution in [0.1, 0.15) is 38.5 Å². The molecule has 202 valence electrons. The SMILES string of the molecule is COCc1cc(OC)c2c(c1)C([C@@H]1O[C@H](COC)[C@@H](OC)[C@H](OC)[C@H]1OC)c1cccc(OC)c1C2=O. The van der Waals surface area contributed by atoms with Gasteiger partial charge in [0.15, 0.2) is 0 Å². The van der Waals surface area contributed by atoms with Crippen molar-refractivity contribution in [3.63, 3.8) is 0 Å². The van der Waals surface area contributed by atoms with E-state index in [0.29, 0.717) is 35.8 Å². The van der Waals surface area contributed by atoms with E-state index in [0.717, 1.165) is 16.7 Å². The van der Waals surface area contributed by atoms with Crippen LogP contribution in [0.2, 0.25) is 0 Å². The highest BCUT2D eigenvalue weighted by Gasteiger charge is 2.52. The summed E-state index contributed by atoms with van der Waals surface area (Å²) in [6.45, 7) is 0.648. The fraction of sp³-hybridized carbons (Fsp3) is 0.536. The number of methoxy groups -OCH3 is 7. The monoisotopic (exact) mass is 516 g/mol. The number of ether oxygens (including phenoxy) is 8. The van der Waals surface area contributed by atoms with Gasteiger partial charge in [0.1, 0.15) is 35.9 Å². The number of carbonyl (C=O) groups is 1. The first-order valence-electron chi connectivity index (χ1n) is 12.1. The molecule has 2 aromatic carbocycles. The molecule has 1 aliphatic carbocycles. The van der Waals surface area contributed by atoms with Gasteiger partial charge in [0.2, 0.25) is 5.78 Å². The number of ketones is 1. The zero-order valence-corrected chi connectivity index (χ0v) is 22.4. The average Bonchev–Trinajstić information content (AvgIpc) is 2.92. The Kier molecular flexibility index (Phi) is 8.84. The largest absolute Gasteiger partial charge is 0.496 e. The molecule has 0 amide bonds. The van der Waals surface area contributed by atoms with Gasteiger partial charge in [-0.2, -0.15) is 0 Å². The van der Waals surface area contributed by atoms with E-state index in [2.05, 4.69) is 0 Å². The maximum absolute atomic E-state index is 14.0. The summed E-state index contributed by atoms with van der Waals surface area (Å²) in [6.07, 6.45) is -2.38. The maximum atomic E-state index is 14.0. The molecule has 9 nitrogen and oxygen atoms in total. The van der Waals surface area contributed by atoms with Crippen LogP contribution in [0.3, 0.4) is 0 Å². The Balaban J connectivity index is 1.99. The molecule has 0 bridgehead atoms. The lowest BCUT2D eigenvalue weighted by atomic mass is 9.71. The van der Waals surface area contributed by atoms with Gasteiger partial charge in [0.25, 0.3) is 0 Å². The standard InChI is InChI=1S/C28H36O9/c1-30-13-15-11-17-21(26-28(36-7)27(35-6)25(34-5)20(37-26)14-31-2)16-9-8-10-18(32-3)22(16)24(29)23(17)19(12-15)33-4/h8-12,20-21,25-28H,13-14H2,1-7H3/t20-,21?,25-,26+,27+,28+/m1/s1. The summed E-state index contributed by atoms with van der Waals surface area (Å²) < 4.78 is 46.7. The quantitative estimate of drug-likeness (QED) is 0.473. The predicted octanol–water partition coefficient (Wildman–Crippen LogP) is 2.99. The number of fused-ring (bicyclic) bond motifs is 2. The second kappa shape index (κ2) is 11.9. The van der Waals surface area contributed by atoms with E-state index in [1.54, 1.807) is 55.8 Å². The van der Waals surface area contributed by atoms with Crippen molar-refractivity contribution >= 4 is 5.78 Å². The molecule has 1 saturated heterocycles. The number of hydrogen-bond acceptors (Lipinski definition) is 9. The molecule has 2 aliphatic rings. The topological polar surface area (TPSA) is 90.9 Å². The van der Waals surface area contributed by atoms with Crippen LogP contribution in [-0.2, 0) is 35.0 Å². The Hall–Kier alpha value is -2.53. The lowest BCUT2D eigenvalue weighted by Gasteiger charge is -2.48. The van der Waals surface area contributed by atoms with Crippen molar-refractivity contribution < 1.29 is 42.7 Å². The van der Waals surface area contributed by atoms with Crippen LogP contribution in [-0.4, -0.2) is 92.7 Å². The van der Waals surface area contributed by atoms with Crippen LogP contribution < -0.4 is 9.47 Å². The van der Waals surface area contributed by atoms with Gasteiger partial charge in [0, 0.05) is 41.5 Å². The molecular weight excluding hydrogens is 480 g/mol.